The van der Waals surface area contributed by atoms with Crippen molar-refractivity contribution in [2.45, 2.75) is 19.6 Å². The van der Waals surface area contributed by atoms with Gasteiger partial charge in [0.15, 0.2) is 0 Å². The molecule has 0 saturated carbocycles. The first kappa shape index (κ1) is 13.1. The number of hydrogen-bond acceptors (Lipinski definition) is 3. The Bertz CT molecular complexity index is 660. The third kappa shape index (κ3) is 3.11. The van der Waals surface area contributed by atoms with E-state index >= 15 is 0 Å². The summed E-state index contributed by atoms with van der Waals surface area (Å²) in [5.41, 5.74) is 3.33. The molecule has 1 heterocycles. The molecule has 6 heteroatoms. The first-order valence-electron chi connectivity index (χ1n) is 5.40. The number of benzene rings is 1. The zero-order chi connectivity index (χ0) is 13.3. The van der Waals surface area contributed by atoms with Crippen molar-refractivity contribution in [3.8, 4) is 5.69 Å². The van der Waals surface area contributed by atoms with Gasteiger partial charge in [0.1, 0.15) is 0 Å². The zero-order valence-electron chi connectivity index (χ0n) is 10.1. The molecule has 4 nitrogen and oxygen atoms in total. The number of aromatic nitrogens is 2. The zero-order valence-corrected chi connectivity index (χ0v) is 11.7. The van der Waals surface area contributed by atoms with Crippen LogP contribution >= 0.6 is 10.7 Å². The van der Waals surface area contributed by atoms with Crippen LogP contribution < -0.4 is 0 Å². The Balaban J connectivity index is 2.37. The Hall–Kier alpha value is -1.33. The average Bonchev–Trinajstić information content (AvgIpc) is 2.59. The molecule has 0 radical (unpaired) electrons. The third-order valence-corrected chi connectivity index (χ3v) is 3.61. The average molecular weight is 285 g/mol. The number of nitrogens with zero attached hydrogens (tertiary/aromatic N) is 2. The second-order valence-corrected chi connectivity index (χ2v) is 6.98. The number of rotatable bonds is 3. The quantitative estimate of drug-likeness (QED) is 0.814. The smallest absolute Gasteiger partial charge is 0.236 e. The van der Waals surface area contributed by atoms with Crippen LogP contribution in [0.3, 0.4) is 0 Å². The van der Waals surface area contributed by atoms with Crippen LogP contribution in [0.4, 0.5) is 0 Å². The van der Waals surface area contributed by atoms with E-state index in [1.54, 1.807) is 17.8 Å². The van der Waals surface area contributed by atoms with Gasteiger partial charge in [-0.25, -0.2) is 13.1 Å². The molecular weight excluding hydrogens is 272 g/mol. The van der Waals surface area contributed by atoms with Crippen LogP contribution in [-0.2, 0) is 14.8 Å². The van der Waals surface area contributed by atoms with Crippen molar-refractivity contribution in [2.24, 2.45) is 0 Å². The molecule has 1 aromatic carbocycles. The van der Waals surface area contributed by atoms with E-state index in [-0.39, 0.29) is 5.75 Å². The maximum atomic E-state index is 11.1. The SMILES string of the molecule is Cc1ccc(-n2cc(CS(=O)(=O)Cl)c(C)n2)cc1. The van der Waals surface area contributed by atoms with Gasteiger partial charge in [-0.05, 0) is 26.0 Å². The van der Waals surface area contributed by atoms with Crippen molar-refractivity contribution >= 4 is 19.7 Å². The summed E-state index contributed by atoms with van der Waals surface area (Å²) in [5, 5.41) is 4.29. The molecule has 2 aromatic rings. The highest BCUT2D eigenvalue weighted by atomic mass is 35.7. The fourth-order valence-electron chi connectivity index (χ4n) is 1.65. The highest BCUT2D eigenvalue weighted by Crippen LogP contribution is 2.16. The van der Waals surface area contributed by atoms with Gasteiger partial charge in [-0.2, -0.15) is 5.10 Å². The van der Waals surface area contributed by atoms with Crippen LogP contribution in [0.2, 0.25) is 0 Å². The molecule has 0 atom stereocenters. The molecule has 1 aromatic heterocycles. The van der Waals surface area contributed by atoms with Crippen molar-refractivity contribution in [1.82, 2.24) is 9.78 Å². The van der Waals surface area contributed by atoms with Gasteiger partial charge in [-0.3, -0.25) is 0 Å². The number of halogens is 1. The fraction of sp³-hybridized carbons (Fsp3) is 0.250. The van der Waals surface area contributed by atoms with Crippen LogP contribution in [0.15, 0.2) is 30.5 Å². The van der Waals surface area contributed by atoms with Crippen LogP contribution in [0, 0.1) is 13.8 Å². The van der Waals surface area contributed by atoms with Crippen molar-refractivity contribution in [2.75, 3.05) is 0 Å². The summed E-state index contributed by atoms with van der Waals surface area (Å²) in [6, 6.07) is 7.82. The Kier molecular flexibility index (Phi) is 3.45. The van der Waals surface area contributed by atoms with Crippen LogP contribution in [0.5, 0.6) is 0 Å². The topological polar surface area (TPSA) is 52.0 Å². The highest BCUT2D eigenvalue weighted by Gasteiger charge is 2.13. The first-order chi connectivity index (χ1) is 8.35. The second kappa shape index (κ2) is 4.74. The molecule has 96 valence electrons. The van der Waals surface area contributed by atoms with Crippen molar-refractivity contribution in [1.29, 1.82) is 0 Å². The summed E-state index contributed by atoms with van der Waals surface area (Å²) in [6.07, 6.45) is 1.69. The fourth-order valence-corrected chi connectivity index (χ4v) is 2.66. The Morgan fingerprint density at radius 1 is 1.22 bits per heavy atom. The van der Waals surface area contributed by atoms with E-state index < -0.39 is 9.05 Å². The molecule has 0 aliphatic heterocycles. The predicted molar refractivity (Wildman–Crippen MR) is 71.5 cm³/mol. The summed E-state index contributed by atoms with van der Waals surface area (Å²) >= 11 is 0. The van der Waals surface area contributed by atoms with Gasteiger partial charge in [-0.15, -0.1) is 0 Å². The van der Waals surface area contributed by atoms with Crippen LogP contribution in [0.1, 0.15) is 16.8 Å². The molecule has 0 amide bonds. The second-order valence-electron chi connectivity index (χ2n) is 4.20. The summed E-state index contributed by atoms with van der Waals surface area (Å²) in [6.45, 7) is 3.77. The minimum atomic E-state index is -3.56. The van der Waals surface area contributed by atoms with E-state index in [2.05, 4.69) is 5.10 Å². The summed E-state index contributed by atoms with van der Waals surface area (Å²) in [7, 11) is 1.69. The van der Waals surface area contributed by atoms with Crippen LogP contribution in [-0.4, -0.2) is 18.2 Å². The van der Waals surface area contributed by atoms with Gasteiger partial charge >= 0.3 is 0 Å². The largest absolute Gasteiger partial charge is 0.240 e. The van der Waals surface area contributed by atoms with E-state index in [9.17, 15) is 8.42 Å². The van der Waals surface area contributed by atoms with E-state index in [1.165, 1.54) is 0 Å². The molecule has 0 aliphatic carbocycles. The minimum Gasteiger partial charge on any atom is -0.240 e. The lowest BCUT2D eigenvalue weighted by Crippen LogP contribution is -1.95. The third-order valence-electron chi connectivity index (χ3n) is 2.63. The molecule has 0 spiro atoms. The molecule has 18 heavy (non-hydrogen) atoms. The molecule has 2 rings (SSSR count). The maximum absolute atomic E-state index is 11.1. The lowest BCUT2D eigenvalue weighted by molar-refractivity contribution is 0.608. The molecule has 0 unspecified atom stereocenters. The monoisotopic (exact) mass is 284 g/mol. The van der Waals surface area contributed by atoms with Gasteiger partial charge in [0, 0.05) is 22.4 Å². The molecule has 0 N–H and O–H groups in total. The lowest BCUT2D eigenvalue weighted by atomic mass is 10.2. The molecule has 0 fully saturated rings. The lowest BCUT2D eigenvalue weighted by Gasteiger charge is -2.00. The van der Waals surface area contributed by atoms with E-state index in [0.717, 1.165) is 11.3 Å². The minimum absolute atomic E-state index is 0.202. The van der Waals surface area contributed by atoms with Crippen LogP contribution in [0.25, 0.3) is 5.69 Å². The standard InChI is InChI=1S/C12H13ClN2O2S/c1-9-3-5-12(6-4-9)15-7-11(10(2)14-15)8-18(13,16)17/h3-7H,8H2,1-2H3. The van der Waals surface area contributed by atoms with Gasteiger partial charge < -0.3 is 0 Å². The van der Waals surface area contributed by atoms with E-state index in [1.807, 2.05) is 31.2 Å². The first-order valence-corrected chi connectivity index (χ1v) is 7.87. The summed E-state index contributed by atoms with van der Waals surface area (Å²) in [5.74, 6) is -0.202. The highest BCUT2D eigenvalue weighted by molar-refractivity contribution is 8.13. The summed E-state index contributed by atoms with van der Waals surface area (Å²) in [4.78, 5) is 0. The molecule has 0 aliphatic rings. The Morgan fingerprint density at radius 3 is 2.39 bits per heavy atom. The Morgan fingerprint density at radius 2 is 1.83 bits per heavy atom. The van der Waals surface area contributed by atoms with Gasteiger partial charge in [0.2, 0.25) is 9.05 Å². The number of aryl methyl sites for hydroxylation is 2. The Labute approximate surface area is 111 Å². The molecular formula is C12H13ClN2O2S. The van der Waals surface area contributed by atoms with Crippen molar-refractivity contribution in [3.05, 3.63) is 47.3 Å². The van der Waals surface area contributed by atoms with Gasteiger partial charge in [0.05, 0.1) is 17.1 Å². The maximum Gasteiger partial charge on any atom is 0.236 e. The van der Waals surface area contributed by atoms with Crippen molar-refractivity contribution < 1.29 is 8.42 Å². The predicted octanol–water partition coefficient (Wildman–Crippen LogP) is 2.56. The van der Waals surface area contributed by atoms with E-state index in [0.29, 0.717) is 11.3 Å². The summed E-state index contributed by atoms with van der Waals surface area (Å²) < 4.78 is 23.8. The molecule has 0 bridgehead atoms. The van der Waals surface area contributed by atoms with Crippen molar-refractivity contribution in [3.63, 3.8) is 0 Å². The van der Waals surface area contributed by atoms with Gasteiger partial charge in [0.25, 0.3) is 0 Å². The normalized spacial score (nSPS) is 11.7. The number of hydrogen-bond donors (Lipinski definition) is 0. The van der Waals surface area contributed by atoms with E-state index in [4.69, 9.17) is 10.7 Å². The van der Waals surface area contributed by atoms with Gasteiger partial charge in [-0.1, -0.05) is 17.7 Å². The molecule has 0 saturated heterocycles.